The van der Waals surface area contributed by atoms with E-state index >= 15 is 0 Å². The van der Waals surface area contributed by atoms with E-state index in [0.29, 0.717) is 5.01 Å². The zero-order valence-electron chi connectivity index (χ0n) is 25.0. The van der Waals surface area contributed by atoms with Crippen molar-refractivity contribution < 1.29 is 8.42 Å². The average Bonchev–Trinajstić information content (AvgIpc) is 3.85. The second-order valence-corrected chi connectivity index (χ2v) is 17.5. The van der Waals surface area contributed by atoms with Gasteiger partial charge in [-0.15, -0.1) is 59.0 Å². The van der Waals surface area contributed by atoms with E-state index in [0.717, 1.165) is 32.9 Å². The van der Waals surface area contributed by atoms with Crippen LogP contribution >= 0.6 is 86.7 Å². The first-order valence-corrected chi connectivity index (χ1v) is 19.7. The maximum Gasteiger partial charge on any atom is 0.217 e. The van der Waals surface area contributed by atoms with Crippen LogP contribution in [0.4, 0.5) is 0 Å². The minimum Gasteiger partial charge on any atom is -0.325 e. The van der Waals surface area contributed by atoms with Crippen LogP contribution in [-0.2, 0) is 29.2 Å². The second-order valence-electron chi connectivity index (χ2n) is 8.68. The van der Waals surface area contributed by atoms with Crippen molar-refractivity contribution in [1.82, 2.24) is 15.0 Å². The molecule has 0 radical (unpaired) electrons. The molecule has 0 saturated heterocycles. The quantitative estimate of drug-likeness (QED) is 0.155. The molecule has 244 valence electrons. The molecule has 0 aliphatic rings. The summed E-state index contributed by atoms with van der Waals surface area (Å²) < 4.78 is 26.8. The molecule has 0 bridgehead atoms. The second kappa shape index (κ2) is 21.7. The Bertz CT molecular complexity index is 1790. The van der Waals surface area contributed by atoms with Crippen LogP contribution in [0.25, 0.3) is 0 Å². The largest absolute Gasteiger partial charge is 0.325 e. The van der Waals surface area contributed by atoms with Crippen molar-refractivity contribution in [3.8, 4) is 0 Å². The molecule has 0 atom stereocenters. The van der Waals surface area contributed by atoms with Gasteiger partial charge in [0.15, 0.2) is 0 Å². The molecule has 0 unspecified atom stereocenters. The normalized spacial score (nSPS) is 10.2. The monoisotopic (exact) mass is 812 g/mol. The summed E-state index contributed by atoms with van der Waals surface area (Å²) in [6.07, 6.45) is 7.22. The van der Waals surface area contributed by atoms with Gasteiger partial charge in [0.25, 0.3) is 0 Å². The Morgan fingerprint density at radius 2 is 1.26 bits per heavy atom. The third kappa shape index (κ3) is 14.0. The molecule has 0 aliphatic carbocycles. The molecular formula is C32H34BrClN4O2S6. The number of aromatic nitrogens is 3. The lowest BCUT2D eigenvalue weighted by Gasteiger charge is -1.99. The highest BCUT2D eigenvalue weighted by atomic mass is 79.9. The number of sulfone groups is 1. The van der Waals surface area contributed by atoms with Gasteiger partial charge < -0.3 is 5.73 Å². The van der Waals surface area contributed by atoms with Gasteiger partial charge in [-0.25, -0.2) is 23.4 Å². The summed E-state index contributed by atoms with van der Waals surface area (Å²) >= 11 is 13.8. The number of benzene rings is 3. The maximum atomic E-state index is 12.1. The summed E-state index contributed by atoms with van der Waals surface area (Å²) in [7, 11) is -3.43. The minimum atomic E-state index is -3.43. The van der Waals surface area contributed by atoms with Crippen molar-refractivity contribution >= 4 is 96.6 Å². The lowest BCUT2D eigenvalue weighted by molar-refractivity contribution is 0.598. The van der Waals surface area contributed by atoms with E-state index in [9.17, 15) is 8.42 Å². The topological polar surface area (TPSA) is 98.8 Å². The molecule has 6 nitrogen and oxygen atoms in total. The van der Waals surface area contributed by atoms with Gasteiger partial charge in [0.05, 0.1) is 41.5 Å². The van der Waals surface area contributed by atoms with E-state index in [1.807, 2.05) is 48.8 Å². The first kappa shape index (κ1) is 40.1. The summed E-state index contributed by atoms with van der Waals surface area (Å²) in [5, 5.41) is 3.02. The van der Waals surface area contributed by atoms with Crippen molar-refractivity contribution in [2.75, 3.05) is 0 Å². The standard InChI is InChI=1S/C11H11NS2.C10H10N2O2S2.C6H6S.C5H6BrNS.ClH/c1-2-10-12-8-11(14-10)13-9-6-4-3-5-7-9;11-6-9-12-7-10(15-9)16(13,14)8-4-2-1-3-5-8;7-6-4-2-1-3-5-6;1-2-5-7-3-4(6)8-5;/h3-8H,2H2,1H3;1-5,7H,6,11H2;1-5,7H;3H,2H2,1H3;1H. The van der Waals surface area contributed by atoms with Crippen molar-refractivity contribution in [2.24, 2.45) is 5.73 Å². The van der Waals surface area contributed by atoms with Gasteiger partial charge in [-0.2, -0.15) is 0 Å². The van der Waals surface area contributed by atoms with Gasteiger partial charge >= 0.3 is 0 Å². The molecule has 0 amide bonds. The molecule has 0 saturated carbocycles. The first-order chi connectivity index (χ1) is 21.7. The number of hydrogen-bond donors (Lipinski definition) is 2. The lowest BCUT2D eigenvalue weighted by atomic mass is 10.4. The zero-order valence-corrected chi connectivity index (χ0v) is 32.4. The van der Waals surface area contributed by atoms with Crippen molar-refractivity contribution in [3.63, 3.8) is 0 Å². The summed E-state index contributed by atoms with van der Waals surface area (Å²) in [5.41, 5.74) is 5.40. The van der Waals surface area contributed by atoms with Gasteiger partial charge in [0, 0.05) is 16.3 Å². The van der Waals surface area contributed by atoms with Crippen LogP contribution in [0.1, 0.15) is 28.9 Å². The Morgan fingerprint density at radius 1 is 0.739 bits per heavy atom. The fourth-order valence-electron chi connectivity index (χ4n) is 3.22. The van der Waals surface area contributed by atoms with Crippen molar-refractivity contribution in [2.45, 2.75) is 56.3 Å². The van der Waals surface area contributed by atoms with E-state index in [4.69, 9.17) is 5.73 Å². The molecule has 3 aromatic heterocycles. The van der Waals surface area contributed by atoms with E-state index in [2.05, 4.69) is 81.6 Å². The van der Waals surface area contributed by atoms with Gasteiger partial charge in [0.2, 0.25) is 9.84 Å². The van der Waals surface area contributed by atoms with E-state index < -0.39 is 9.84 Å². The predicted molar refractivity (Wildman–Crippen MR) is 204 cm³/mol. The molecule has 0 aliphatic heterocycles. The van der Waals surface area contributed by atoms with Crippen LogP contribution in [-0.4, -0.2) is 23.4 Å². The summed E-state index contributed by atoms with van der Waals surface area (Å²) in [4.78, 5) is 14.9. The SMILES string of the molecule is CCc1ncc(Br)s1.CCc1ncc(Sc2ccccc2)s1.Cl.NCc1ncc(S(=O)(=O)c2ccccc2)s1.Sc1ccccc1. The zero-order chi connectivity index (χ0) is 32.5. The summed E-state index contributed by atoms with van der Waals surface area (Å²) in [5.74, 6) is 0. The van der Waals surface area contributed by atoms with Crippen LogP contribution in [0.15, 0.2) is 136 Å². The Hall–Kier alpha value is -2.07. The number of thiol groups is 1. The molecule has 6 aromatic rings. The van der Waals surface area contributed by atoms with Crippen molar-refractivity contribution in [1.29, 1.82) is 0 Å². The average molecular weight is 814 g/mol. The number of hydrogen-bond acceptors (Lipinski definition) is 11. The van der Waals surface area contributed by atoms with Gasteiger partial charge in [-0.05, 0) is 65.2 Å². The molecular weight excluding hydrogens is 780 g/mol. The maximum absolute atomic E-state index is 12.1. The number of rotatable bonds is 7. The summed E-state index contributed by atoms with van der Waals surface area (Å²) in [6.45, 7) is 4.50. The minimum absolute atomic E-state index is 0. The van der Waals surface area contributed by atoms with Crippen LogP contribution < -0.4 is 5.73 Å². The van der Waals surface area contributed by atoms with E-state index in [1.165, 1.54) is 25.3 Å². The fourth-order valence-corrected chi connectivity index (χ4v) is 9.08. The molecule has 46 heavy (non-hydrogen) atoms. The van der Waals surface area contributed by atoms with Crippen LogP contribution in [0.3, 0.4) is 0 Å². The molecule has 0 fully saturated rings. The summed E-state index contributed by atoms with van der Waals surface area (Å²) in [6, 6.07) is 28.5. The molecule has 3 aromatic carbocycles. The smallest absolute Gasteiger partial charge is 0.217 e. The molecule has 2 N–H and O–H groups in total. The number of thiazole rings is 3. The highest BCUT2D eigenvalue weighted by Gasteiger charge is 2.20. The number of nitrogens with two attached hydrogens (primary N) is 1. The first-order valence-electron chi connectivity index (χ1n) is 13.7. The van der Waals surface area contributed by atoms with Crippen LogP contribution in [0.2, 0.25) is 0 Å². The Morgan fingerprint density at radius 3 is 1.70 bits per heavy atom. The molecule has 14 heteroatoms. The highest BCUT2D eigenvalue weighted by molar-refractivity contribution is 9.11. The predicted octanol–water partition coefficient (Wildman–Crippen LogP) is 10.2. The van der Waals surface area contributed by atoms with Crippen LogP contribution in [0, 0.1) is 0 Å². The third-order valence-electron chi connectivity index (χ3n) is 5.41. The van der Waals surface area contributed by atoms with Crippen molar-refractivity contribution in [3.05, 3.63) is 128 Å². The Labute approximate surface area is 307 Å². The Balaban J connectivity index is 0.000000223. The number of aryl methyl sites for hydroxylation is 2. The molecule has 3 heterocycles. The van der Waals surface area contributed by atoms with E-state index in [-0.39, 0.29) is 28.1 Å². The number of nitrogens with zero attached hydrogens (tertiary/aromatic N) is 3. The van der Waals surface area contributed by atoms with Crippen LogP contribution in [0.5, 0.6) is 0 Å². The number of halogens is 2. The lowest BCUT2D eigenvalue weighted by Crippen LogP contribution is -1.98. The highest BCUT2D eigenvalue weighted by Crippen LogP contribution is 2.32. The molecule has 6 rings (SSSR count). The molecule has 0 spiro atoms. The van der Waals surface area contributed by atoms with Gasteiger partial charge in [0.1, 0.15) is 9.22 Å². The fraction of sp³-hybridized carbons (Fsp3) is 0.156. The Kier molecular flexibility index (Phi) is 18.9. The van der Waals surface area contributed by atoms with Gasteiger partial charge in [-0.1, -0.05) is 80.2 Å². The van der Waals surface area contributed by atoms with E-state index in [1.54, 1.807) is 64.8 Å². The van der Waals surface area contributed by atoms with Gasteiger partial charge in [-0.3, -0.25) is 0 Å². The third-order valence-corrected chi connectivity index (χ3v) is 12.8.